The second kappa shape index (κ2) is 4.79. The molecule has 1 atom stereocenters. The normalized spacial score (nSPS) is 19.6. The van der Waals surface area contributed by atoms with Crippen LogP contribution in [0.4, 0.5) is 5.69 Å². The third-order valence-electron chi connectivity index (χ3n) is 3.47. The average Bonchev–Trinajstić information content (AvgIpc) is 2.65. The van der Waals surface area contributed by atoms with Gasteiger partial charge in [-0.25, -0.2) is 8.42 Å². The van der Waals surface area contributed by atoms with Crippen LogP contribution in [-0.2, 0) is 9.84 Å². The van der Waals surface area contributed by atoms with Gasteiger partial charge in [0.15, 0.2) is 9.84 Å². The molecule has 5 heteroatoms. The van der Waals surface area contributed by atoms with E-state index in [0.717, 1.165) is 16.8 Å². The Morgan fingerprint density at radius 3 is 2.70 bits per heavy atom. The van der Waals surface area contributed by atoms with Crippen molar-refractivity contribution in [1.29, 1.82) is 0 Å². The number of sulfone groups is 1. The van der Waals surface area contributed by atoms with Crippen LogP contribution in [-0.4, -0.2) is 14.2 Å². The van der Waals surface area contributed by atoms with Gasteiger partial charge in [-0.3, -0.25) is 0 Å². The standard InChI is InChI=1S/C15H14ClNO2S/c1-10-6-7-13(12(16)8-10)17-14-9-20(18,19)15-5-3-2-4-11(14)15/h2-8,14,17H,9H2,1H3. The van der Waals surface area contributed by atoms with E-state index < -0.39 is 9.84 Å². The first kappa shape index (κ1) is 13.5. The first-order valence-corrected chi connectivity index (χ1v) is 8.35. The van der Waals surface area contributed by atoms with Gasteiger partial charge in [-0.15, -0.1) is 0 Å². The van der Waals surface area contributed by atoms with E-state index in [0.29, 0.717) is 9.92 Å². The molecule has 0 saturated carbocycles. The molecule has 2 aromatic carbocycles. The molecule has 0 bridgehead atoms. The van der Waals surface area contributed by atoms with E-state index in [1.54, 1.807) is 12.1 Å². The van der Waals surface area contributed by atoms with Crippen LogP contribution in [0.3, 0.4) is 0 Å². The highest BCUT2D eigenvalue weighted by Crippen LogP contribution is 2.36. The van der Waals surface area contributed by atoms with Gasteiger partial charge in [0, 0.05) is 0 Å². The molecule has 1 heterocycles. The van der Waals surface area contributed by atoms with Gasteiger partial charge in [0.2, 0.25) is 0 Å². The van der Waals surface area contributed by atoms with Crippen LogP contribution >= 0.6 is 11.6 Å². The van der Waals surface area contributed by atoms with Crippen molar-refractivity contribution in [1.82, 2.24) is 0 Å². The quantitative estimate of drug-likeness (QED) is 0.922. The molecule has 1 aliphatic rings. The summed E-state index contributed by atoms with van der Waals surface area (Å²) >= 11 is 6.19. The van der Waals surface area contributed by atoms with Crippen LogP contribution in [0.15, 0.2) is 47.4 Å². The molecule has 0 amide bonds. The molecular weight excluding hydrogens is 294 g/mol. The van der Waals surface area contributed by atoms with Gasteiger partial charge in [-0.05, 0) is 36.2 Å². The minimum atomic E-state index is -3.20. The number of aryl methyl sites for hydroxylation is 1. The smallest absolute Gasteiger partial charge is 0.181 e. The fourth-order valence-electron chi connectivity index (χ4n) is 2.49. The summed E-state index contributed by atoms with van der Waals surface area (Å²) in [6, 6.07) is 12.5. The first-order chi connectivity index (χ1) is 9.47. The fourth-order valence-corrected chi connectivity index (χ4v) is 4.52. The summed E-state index contributed by atoms with van der Waals surface area (Å²) < 4.78 is 24.2. The van der Waals surface area contributed by atoms with Gasteiger partial charge in [-0.1, -0.05) is 35.9 Å². The van der Waals surface area contributed by atoms with Gasteiger partial charge >= 0.3 is 0 Å². The number of hydrogen-bond acceptors (Lipinski definition) is 3. The van der Waals surface area contributed by atoms with Crippen molar-refractivity contribution in [2.45, 2.75) is 17.9 Å². The van der Waals surface area contributed by atoms with Gasteiger partial charge in [-0.2, -0.15) is 0 Å². The summed E-state index contributed by atoms with van der Waals surface area (Å²) in [5, 5.41) is 3.84. The second-order valence-corrected chi connectivity index (χ2v) is 7.41. The van der Waals surface area contributed by atoms with Gasteiger partial charge in [0.05, 0.1) is 27.4 Å². The maximum Gasteiger partial charge on any atom is 0.181 e. The second-order valence-electron chi connectivity index (χ2n) is 5.00. The third kappa shape index (κ3) is 2.30. The third-order valence-corrected chi connectivity index (χ3v) is 5.60. The van der Waals surface area contributed by atoms with Crippen molar-refractivity contribution in [3.05, 3.63) is 58.6 Å². The molecule has 3 rings (SSSR count). The Morgan fingerprint density at radius 1 is 1.20 bits per heavy atom. The molecule has 0 aliphatic carbocycles. The van der Waals surface area contributed by atoms with Crippen LogP contribution in [0.1, 0.15) is 17.2 Å². The Bertz CT molecular complexity index is 771. The van der Waals surface area contributed by atoms with E-state index in [2.05, 4.69) is 5.32 Å². The predicted octanol–water partition coefficient (Wildman–Crippen LogP) is 3.59. The lowest BCUT2D eigenvalue weighted by Crippen LogP contribution is -2.13. The van der Waals surface area contributed by atoms with Crippen molar-refractivity contribution in [3.8, 4) is 0 Å². The van der Waals surface area contributed by atoms with Crippen LogP contribution in [0.2, 0.25) is 5.02 Å². The molecule has 1 unspecified atom stereocenters. The molecule has 0 radical (unpaired) electrons. The van der Waals surface area contributed by atoms with Crippen molar-refractivity contribution in [2.75, 3.05) is 11.1 Å². The van der Waals surface area contributed by atoms with Crippen molar-refractivity contribution in [3.63, 3.8) is 0 Å². The van der Waals surface area contributed by atoms with E-state index in [4.69, 9.17) is 11.6 Å². The predicted molar refractivity (Wildman–Crippen MR) is 81.0 cm³/mol. The lowest BCUT2D eigenvalue weighted by atomic mass is 10.1. The molecule has 1 N–H and O–H groups in total. The monoisotopic (exact) mass is 307 g/mol. The summed E-state index contributed by atoms with van der Waals surface area (Å²) in [6.07, 6.45) is 0. The number of fused-ring (bicyclic) bond motifs is 1. The topological polar surface area (TPSA) is 46.2 Å². The maximum absolute atomic E-state index is 12.1. The Morgan fingerprint density at radius 2 is 1.95 bits per heavy atom. The zero-order chi connectivity index (χ0) is 14.3. The molecule has 0 fully saturated rings. The largest absolute Gasteiger partial charge is 0.376 e. The minimum Gasteiger partial charge on any atom is -0.376 e. The van der Waals surface area contributed by atoms with Gasteiger partial charge < -0.3 is 5.32 Å². The van der Waals surface area contributed by atoms with Crippen LogP contribution in [0.5, 0.6) is 0 Å². The molecule has 104 valence electrons. The number of rotatable bonds is 2. The lowest BCUT2D eigenvalue weighted by molar-refractivity contribution is 0.598. The zero-order valence-electron chi connectivity index (χ0n) is 10.9. The van der Waals surface area contributed by atoms with Crippen LogP contribution in [0.25, 0.3) is 0 Å². The fraction of sp³-hybridized carbons (Fsp3) is 0.200. The van der Waals surface area contributed by atoms with Crippen molar-refractivity contribution in [2.24, 2.45) is 0 Å². The molecule has 20 heavy (non-hydrogen) atoms. The highest BCUT2D eigenvalue weighted by molar-refractivity contribution is 7.91. The van der Waals surface area contributed by atoms with Crippen molar-refractivity contribution >= 4 is 27.1 Å². The summed E-state index contributed by atoms with van der Waals surface area (Å²) in [5.41, 5.74) is 2.64. The number of hydrogen-bond donors (Lipinski definition) is 1. The molecule has 2 aromatic rings. The van der Waals surface area contributed by atoms with E-state index >= 15 is 0 Å². The highest BCUT2D eigenvalue weighted by atomic mass is 35.5. The Hall–Kier alpha value is -1.52. The van der Waals surface area contributed by atoms with Gasteiger partial charge in [0.25, 0.3) is 0 Å². The van der Waals surface area contributed by atoms with Crippen molar-refractivity contribution < 1.29 is 8.42 Å². The lowest BCUT2D eigenvalue weighted by Gasteiger charge is -2.15. The maximum atomic E-state index is 12.1. The number of benzene rings is 2. The Labute approximate surface area is 123 Å². The molecule has 0 saturated heterocycles. The first-order valence-electron chi connectivity index (χ1n) is 6.32. The van der Waals surface area contributed by atoms with E-state index in [1.165, 1.54) is 0 Å². The SMILES string of the molecule is Cc1ccc(NC2CS(=O)(=O)c3ccccc32)c(Cl)c1. The summed E-state index contributed by atoms with van der Waals surface area (Å²) in [6.45, 7) is 1.96. The summed E-state index contributed by atoms with van der Waals surface area (Å²) in [7, 11) is -3.20. The number of anilines is 1. The van der Waals surface area contributed by atoms with E-state index in [1.807, 2.05) is 37.3 Å². The van der Waals surface area contributed by atoms with Gasteiger partial charge in [0.1, 0.15) is 0 Å². The molecule has 1 aliphatic heterocycles. The summed E-state index contributed by atoms with van der Waals surface area (Å²) in [5.74, 6) is 0.0660. The Balaban J connectivity index is 1.97. The van der Waals surface area contributed by atoms with Crippen LogP contribution in [0, 0.1) is 6.92 Å². The van der Waals surface area contributed by atoms with E-state index in [9.17, 15) is 8.42 Å². The molecule has 0 aromatic heterocycles. The molecular formula is C15H14ClNO2S. The van der Waals surface area contributed by atoms with Crippen LogP contribution < -0.4 is 5.32 Å². The van der Waals surface area contributed by atoms with E-state index in [-0.39, 0.29) is 11.8 Å². The number of nitrogens with one attached hydrogen (secondary N) is 1. The Kier molecular flexibility index (Phi) is 3.22. The molecule has 0 spiro atoms. The summed E-state index contributed by atoms with van der Waals surface area (Å²) in [4.78, 5) is 0.417. The highest BCUT2D eigenvalue weighted by Gasteiger charge is 2.34. The average molecular weight is 308 g/mol. The zero-order valence-corrected chi connectivity index (χ0v) is 12.5. The number of halogens is 1. The molecule has 3 nitrogen and oxygen atoms in total. The minimum absolute atomic E-state index is 0.0660.